The third-order valence-electron chi connectivity index (χ3n) is 4.89. The van der Waals surface area contributed by atoms with Crippen molar-refractivity contribution < 1.29 is 17.6 Å². The lowest BCUT2D eigenvalue weighted by Gasteiger charge is -2.24. The van der Waals surface area contributed by atoms with E-state index in [2.05, 4.69) is 9.82 Å². The van der Waals surface area contributed by atoms with Crippen LogP contribution in [0.2, 0.25) is 0 Å². The van der Waals surface area contributed by atoms with E-state index in [0.717, 1.165) is 0 Å². The summed E-state index contributed by atoms with van der Waals surface area (Å²) in [6, 6.07) is 18.3. The minimum Gasteiger partial charge on any atom is -0.463 e. The molecule has 3 aromatic rings. The van der Waals surface area contributed by atoms with Gasteiger partial charge in [0, 0.05) is 18.4 Å². The molecule has 4 rings (SSSR count). The minimum absolute atomic E-state index is 0.151. The zero-order chi connectivity index (χ0) is 21.1. The molecule has 1 aromatic heterocycles. The first kappa shape index (κ1) is 19.9. The number of para-hydroxylation sites is 1. The van der Waals surface area contributed by atoms with Crippen molar-refractivity contribution in [1.29, 1.82) is 0 Å². The third kappa shape index (κ3) is 3.86. The number of hydrogen-bond acceptors (Lipinski definition) is 5. The smallest absolute Gasteiger partial charge is 0.261 e. The molecule has 1 aliphatic rings. The van der Waals surface area contributed by atoms with Crippen molar-refractivity contribution >= 4 is 27.3 Å². The van der Waals surface area contributed by atoms with Crippen molar-refractivity contribution in [2.24, 2.45) is 5.10 Å². The Morgan fingerprint density at radius 2 is 1.83 bits per heavy atom. The van der Waals surface area contributed by atoms with Gasteiger partial charge in [0.1, 0.15) is 11.5 Å². The van der Waals surface area contributed by atoms with Crippen molar-refractivity contribution in [2.45, 2.75) is 30.7 Å². The van der Waals surface area contributed by atoms with E-state index in [1.54, 1.807) is 55.7 Å². The molecular weight excluding hydrogens is 402 g/mol. The molecule has 30 heavy (non-hydrogen) atoms. The topological polar surface area (TPSA) is 92.0 Å². The predicted molar refractivity (Wildman–Crippen MR) is 113 cm³/mol. The highest BCUT2D eigenvalue weighted by molar-refractivity contribution is 7.92. The lowest BCUT2D eigenvalue weighted by Crippen LogP contribution is -2.27. The van der Waals surface area contributed by atoms with Crippen molar-refractivity contribution in [3.8, 4) is 0 Å². The number of sulfonamides is 1. The van der Waals surface area contributed by atoms with Crippen LogP contribution in [-0.2, 0) is 14.8 Å². The third-order valence-corrected chi connectivity index (χ3v) is 6.27. The minimum atomic E-state index is -3.77. The summed E-state index contributed by atoms with van der Waals surface area (Å²) in [7, 11) is -3.77. The zero-order valence-electron chi connectivity index (χ0n) is 16.4. The molecule has 154 valence electrons. The van der Waals surface area contributed by atoms with Crippen LogP contribution in [0, 0.1) is 0 Å². The van der Waals surface area contributed by atoms with Crippen molar-refractivity contribution in [1.82, 2.24) is 5.01 Å². The Balaban J connectivity index is 1.70. The Bertz CT molecular complexity index is 1170. The van der Waals surface area contributed by atoms with Crippen LogP contribution in [0.4, 0.5) is 5.69 Å². The quantitative estimate of drug-likeness (QED) is 0.644. The molecule has 0 bridgehead atoms. The van der Waals surface area contributed by atoms with E-state index in [1.165, 1.54) is 17.1 Å². The number of carbonyl (C=O) groups is 1. The van der Waals surface area contributed by atoms with Crippen molar-refractivity contribution in [3.63, 3.8) is 0 Å². The number of furan rings is 1. The van der Waals surface area contributed by atoms with Crippen LogP contribution in [-0.4, -0.2) is 25.0 Å². The molecule has 1 N–H and O–H groups in total. The Morgan fingerprint density at radius 1 is 1.10 bits per heavy atom. The molecule has 1 atom stereocenters. The van der Waals surface area contributed by atoms with Gasteiger partial charge in [-0.3, -0.25) is 9.52 Å². The summed E-state index contributed by atoms with van der Waals surface area (Å²) >= 11 is 0. The van der Waals surface area contributed by atoms with Gasteiger partial charge in [0.25, 0.3) is 10.0 Å². The number of hydrazone groups is 1. The Morgan fingerprint density at radius 3 is 2.53 bits per heavy atom. The largest absolute Gasteiger partial charge is 0.463 e. The van der Waals surface area contributed by atoms with Crippen molar-refractivity contribution in [3.05, 3.63) is 84.3 Å². The highest BCUT2D eigenvalue weighted by Gasteiger charge is 2.35. The molecule has 1 amide bonds. The van der Waals surface area contributed by atoms with Gasteiger partial charge in [-0.25, -0.2) is 13.4 Å². The van der Waals surface area contributed by atoms with Gasteiger partial charge in [-0.2, -0.15) is 5.10 Å². The lowest BCUT2D eigenvalue weighted by atomic mass is 9.99. The molecule has 0 saturated carbocycles. The van der Waals surface area contributed by atoms with Gasteiger partial charge in [0.15, 0.2) is 0 Å². The SMILES string of the molecule is CCC(=O)N1N=C(c2ccco2)C[C@@H]1c1ccccc1NS(=O)(=O)c1ccccc1. The molecule has 0 radical (unpaired) electrons. The van der Waals surface area contributed by atoms with Gasteiger partial charge in [-0.1, -0.05) is 43.3 Å². The van der Waals surface area contributed by atoms with Crippen LogP contribution in [0.25, 0.3) is 0 Å². The average molecular weight is 423 g/mol. The van der Waals surface area contributed by atoms with Crippen LogP contribution in [0.5, 0.6) is 0 Å². The number of benzene rings is 2. The Kier molecular flexibility index (Phi) is 5.41. The number of rotatable bonds is 6. The fourth-order valence-corrected chi connectivity index (χ4v) is 4.53. The second-order valence-electron chi connectivity index (χ2n) is 6.84. The van der Waals surface area contributed by atoms with E-state index >= 15 is 0 Å². The molecule has 8 heteroatoms. The van der Waals surface area contributed by atoms with Gasteiger partial charge in [0.05, 0.1) is 22.9 Å². The van der Waals surface area contributed by atoms with Gasteiger partial charge in [-0.05, 0) is 30.3 Å². The molecule has 1 aliphatic heterocycles. The molecule has 0 saturated heterocycles. The second kappa shape index (κ2) is 8.16. The number of amides is 1. The summed E-state index contributed by atoms with van der Waals surface area (Å²) in [5.41, 5.74) is 1.73. The number of anilines is 1. The van der Waals surface area contributed by atoms with Crippen LogP contribution >= 0.6 is 0 Å². The standard InChI is InChI=1S/C22H21N3O4S/c1-2-22(26)25-20(15-19(23-25)21-13-8-14-29-21)17-11-6-7-12-18(17)24-30(27,28)16-9-4-3-5-10-16/h3-14,20,24H,2,15H2,1H3/t20-/m1/s1. The maximum absolute atomic E-state index is 12.9. The van der Waals surface area contributed by atoms with Gasteiger partial charge < -0.3 is 4.42 Å². The summed E-state index contributed by atoms with van der Waals surface area (Å²) in [5, 5.41) is 5.91. The summed E-state index contributed by atoms with van der Waals surface area (Å²) < 4.78 is 33.8. The van der Waals surface area contributed by atoms with E-state index < -0.39 is 16.1 Å². The number of carbonyl (C=O) groups excluding carboxylic acids is 1. The first-order valence-corrected chi connectivity index (χ1v) is 11.1. The van der Waals surface area contributed by atoms with Gasteiger partial charge in [-0.15, -0.1) is 0 Å². The van der Waals surface area contributed by atoms with Crippen molar-refractivity contribution in [2.75, 3.05) is 4.72 Å². The fraction of sp³-hybridized carbons (Fsp3) is 0.182. The van der Waals surface area contributed by atoms with Crippen LogP contribution in [0.15, 0.2) is 87.4 Å². The van der Waals surface area contributed by atoms with Gasteiger partial charge >= 0.3 is 0 Å². The van der Waals surface area contributed by atoms with E-state index in [0.29, 0.717) is 29.1 Å². The highest BCUT2D eigenvalue weighted by atomic mass is 32.2. The monoisotopic (exact) mass is 423 g/mol. The van der Waals surface area contributed by atoms with E-state index in [1.807, 2.05) is 12.1 Å². The molecule has 7 nitrogen and oxygen atoms in total. The molecule has 2 heterocycles. The van der Waals surface area contributed by atoms with E-state index in [-0.39, 0.29) is 17.2 Å². The van der Waals surface area contributed by atoms with Crippen LogP contribution in [0.3, 0.4) is 0 Å². The van der Waals surface area contributed by atoms with Crippen LogP contribution in [0.1, 0.15) is 37.1 Å². The predicted octanol–water partition coefficient (Wildman–Crippen LogP) is 4.17. The first-order chi connectivity index (χ1) is 14.5. The zero-order valence-corrected chi connectivity index (χ0v) is 17.2. The maximum Gasteiger partial charge on any atom is 0.261 e. The molecule has 0 unspecified atom stereocenters. The van der Waals surface area contributed by atoms with E-state index in [4.69, 9.17) is 4.42 Å². The first-order valence-electron chi connectivity index (χ1n) is 9.60. The molecule has 0 aliphatic carbocycles. The van der Waals surface area contributed by atoms with E-state index in [9.17, 15) is 13.2 Å². The maximum atomic E-state index is 12.9. The fourth-order valence-electron chi connectivity index (χ4n) is 3.42. The average Bonchev–Trinajstić information content (AvgIpc) is 3.44. The summed E-state index contributed by atoms with van der Waals surface area (Å²) in [6.45, 7) is 1.77. The molecule has 2 aromatic carbocycles. The second-order valence-corrected chi connectivity index (χ2v) is 8.52. The van der Waals surface area contributed by atoms with Crippen LogP contribution < -0.4 is 4.72 Å². The Hall–Kier alpha value is -3.39. The normalized spacial score (nSPS) is 16.4. The lowest BCUT2D eigenvalue weighted by molar-refractivity contribution is -0.132. The number of nitrogens with one attached hydrogen (secondary N) is 1. The highest BCUT2D eigenvalue weighted by Crippen LogP contribution is 2.37. The summed E-state index contributed by atoms with van der Waals surface area (Å²) in [5.74, 6) is 0.441. The summed E-state index contributed by atoms with van der Waals surface area (Å²) in [4.78, 5) is 12.7. The Labute approximate surface area is 175 Å². The molecular formula is C22H21N3O4S. The number of nitrogens with zero attached hydrogens (tertiary/aromatic N) is 2. The van der Waals surface area contributed by atoms with Gasteiger partial charge in [0.2, 0.25) is 5.91 Å². The molecule has 0 fully saturated rings. The summed E-state index contributed by atoms with van der Waals surface area (Å²) in [6.07, 6.45) is 2.26. The number of hydrogen-bond donors (Lipinski definition) is 1. The molecule has 0 spiro atoms.